The van der Waals surface area contributed by atoms with E-state index in [1.165, 1.54) is 17.5 Å². The molecule has 1 saturated heterocycles. The van der Waals surface area contributed by atoms with Crippen molar-refractivity contribution in [2.24, 2.45) is 5.92 Å². The van der Waals surface area contributed by atoms with Gasteiger partial charge in [0.15, 0.2) is 12.6 Å². The van der Waals surface area contributed by atoms with Crippen LogP contribution in [-0.4, -0.2) is 86.2 Å². The van der Waals surface area contributed by atoms with Gasteiger partial charge < -0.3 is 37.6 Å². The number of hydrogen-bond donors (Lipinski definition) is 0. The molecule has 0 spiro atoms. The van der Waals surface area contributed by atoms with Crippen LogP contribution in [-0.2, 0) is 28.1 Å². The summed E-state index contributed by atoms with van der Waals surface area (Å²) in [6.45, 7) is 19.8. The van der Waals surface area contributed by atoms with Gasteiger partial charge in [-0.2, -0.15) is 0 Å². The number of rotatable bonds is 21. The lowest BCUT2D eigenvalue weighted by Gasteiger charge is -2.44. The highest BCUT2D eigenvalue weighted by molar-refractivity contribution is 6.99. The Hall–Kier alpha value is -4.57. The predicted octanol–water partition coefficient (Wildman–Crippen LogP) is 10.3. The summed E-state index contributed by atoms with van der Waals surface area (Å²) in [5.41, 5.74) is 1.63. The fraction of sp³-hybridized carbons (Fsp3) is 0.472. The Morgan fingerprint density at radius 2 is 1.48 bits per heavy atom. The Kier molecular flexibility index (Phi) is 16.4. The van der Waals surface area contributed by atoms with Gasteiger partial charge in [0.1, 0.15) is 29.3 Å². The van der Waals surface area contributed by atoms with Crippen LogP contribution in [0.1, 0.15) is 93.0 Å². The number of methoxy groups -OCH3 is 2. The van der Waals surface area contributed by atoms with Gasteiger partial charge in [-0.25, -0.2) is 9.59 Å². The minimum atomic E-state index is -2.82. The molecular weight excluding hydrogens is 853 g/mol. The van der Waals surface area contributed by atoms with Crippen molar-refractivity contribution in [2.75, 3.05) is 27.6 Å². The molecule has 12 heteroatoms. The molecule has 2 aliphatic rings. The molecule has 2 fully saturated rings. The first-order valence-electron chi connectivity index (χ1n) is 22.9. The maximum absolute atomic E-state index is 13.9. The molecule has 4 aromatic rings. The Morgan fingerprint density at radius 1 is 0.862 bits per heavy atom. The molecule has 1 aliphatic heterocycles. The largest absolute Gasteiger partial charge is 0.497 e. The van der Waals surface area contributed by atoms with E-state index in [0.717, 1.165) is 18.0 Å². The third-order valence-corrected chi connectivity index (χ3v) is 19.1. The molecule has 0 bridgehead atoms. The Labute approximate surface area is 389 Å². The lowest BCUT2D eigenvalue weighted by Crippen LogP contribution is -2.67. The zero-order chi connectivity index (χ0) is 47.0. The average molecular weight is 923 g/mol. The Morgan fingerprint density at radius 3 is 2.05 bits per heavy atom. The first-order valence-corrected chi connectivity index (χ1v) is 28.6. The second kappa shape index (κ2) is 21.4. The Bertz CT molecular complexity index is 2160. The van der Waals surface area contributed by atoms with Crippen LogP contribution in [0.2, 0.25) is 30.7 Å². The summed E-state index contributed by atoms with van der Waals surface area (Å²) < 4.78 is 49.9. The summed E-state index contributed by atoms with van der Waals surface area (Å²) in [5, 5.41) is 2.24. The molecule has 10 nitrogen and oxygen atoms in total. The van der Waals surface area contributed by atoms with Crippen LogP contribution >= 0.6 is 0 Å². The van der Waals surface area contributed by atoms with E-state index in [2.05, 4.69) is 102 Å². The SMILES string of the molecule is COCOc1cc(OC)cc(C2CC2C[C@H]2OC(C)(C)O[C@@H]2C(/C=C\C[C@H](C)O[Si](c2ccccc2)(c2ccccc2)C(C)(C)C)OC(=O)c2ccccc2)c1C(=O)OCC[Si](C)(C)C. The van der Waals surface area contributed by atoms with Gasteiger partial charge in [-0.05, 0) is 103 Å². The quantitative estimate of drug-likeness (QED) is 0.0347. The standard InChI is InChI=1S/C53H70O10Si2/c1-37(63-65(52(2,3)4,41-25-17-13-18-26-41)42-27-19-14-20-28-42)22-21-29-45(60-50(54)38-23-15-12-16-24-38)49-47(61-53(5,6)62-49)33-39-32-43(39)44-34-40(57-8)35-46(59-36-56-7)48(44)51(55)58-30-31-64(9,10)11/h12-21,23-29,34-35,37,39,43,45,47,49H,22,30-33,36H2,1-11H3/b29-21-/t37-,39?,43?,45?,47+,49+/m0/s1. The highest BCUT2D eigenvalue weighted by atomic mass is 28.4. The highest BCUT2D eigenvalue weighted by Crippen LogP contribution is 2.55. The summed E-state index contributed by atoms with van der Waals surface area (Å²) >= 11 is 0. The van der Waals surface area contributed by atoms with Gasteiger partial charge in [0.2, 0.25) is 0 Å². The van der Waals surface area contributed by atoms with Gasteiger partial charge in [0.25, 0.3) is 8.32 Å². The minimum absolute atomic E-state index is 0.0113. The van der Waals surface area contributed by atoms with Crippen molar-refractivity contribution >= 4 is 38.7 Å². The van der Waals surface area contributed by atoms with Crippen LogP contribution in [0.15, 0.2) is 115 Å². The van der Waals surface area contributed by atoms with E-state index in [9.17, 15) is 9.59 Å². The van der Waals surface area contributed by atoms with E-state index in [0.29, 0.717) is 42.1 Å². The molecule has 0 amide bonds. The molecule has 1 saturated carbocycles. The predicted molar refractivity (Wildman–Crippen MR) is 261 cm³/mol. The van der Waals surface area contributed by atoms with Crippen LogP contribution in [0.4, 0.5) is 0 Å². The number of benzene rings is 4. The van der Waals surface area contributed by atoms with E-state index in [4.69, 9.17) is 37.6 Å². The third kappa shape index (κ3) is 12.7. The van der Waals surface area contributed by atoms with Crippen molar-refractivity contribution in [2.45, 2.75) is 128 Å². The number of esters is 2. The topological polar surface area (TPSA) is 108 Å². The number of carbonyl (C=O) groups excluding carboxylic acids is 2. The average Bonchev–Trinajstić information content (AvgIpc) is 3.97. The van der Waals surface area contributed by atoms with Crippen LogP contribution < -0.4 is 19.8 Å². The lowest BCUT2D eigenvalue weighted by molar-refractivity contribution is -0.153. The van der Waals surface area contributed by atoms with Crippen LogP contribution in [0, 0.1) is 5.92 Å². The molecule has 6 rings (SSSR count). The Balaban J connectivity index is 1.27. The maximum atomic E-state index is 13.9. The molecule has 6 atom stereocenters. The normalized spacial score (nSPS) is 20.5. The molecule has 1 aliphatic carbocycles. The second-order valence-electron chi connectivity index (χ2n) is 20.1. The molecule has 0 radical (unpaired) electrons. The van der Waals surface area contributed by atoms with Crippen molar-refractivity contribution in [3.8, 4) is 11.5 Å². The van der Waals surface area contributed by atoms with Crippen molar-refractivity contribution < 1.29 is 47.2 Å². The summed E-state index contributed by atoms with van der Waals surface area (Å²) in [6, 6.07) is 34.7. The maximum Gasteiger partial charge on any atom is 0.342 e. The minimum Gasteiger partial charge on any atom is -0.497 e. The zero-order valence-corrected chi connectivity index (χ0v) is 42.3. The van der Waals surface area contributed by atoms with Gasteiger partial charge in [0.05, 0.1) is 25.4 Å². The molecule has 0 aromatic heterocycles. The first kappa shape index (κ1) is 49.9. The van der Waals surface area contributed by atoms with E-state index >= 15 is 0 Å². The summed E-state index contributed by atoms with van der Waals surface area (Å²) in [5.74, 6) is -0.800. The number of hydrogen-bond acceptors (Lipinski definition) is 10. The van der Waals surface area contributed by atoms with Gasteiger partial charge in [-0.3, -0.25) is 0 Å². The van der Waals surface area contributed by atoms with E-state index in [1.54, 1.807) is 25.3 Å². The van der Waals surface area contributed by atoms with Crippen molar-refractivity contribution in [1.29, 1.82) is 0 Å². The second-order valence-corrected chi connectivity index (χ2v) is 29.9. The monoisotopic (exact) mass is 922 g/mol. The van der Waals surface area contributed by atoms with Gasteiger partial charge in [-0.1, -0.05) is 125 Å². The van der Waals surface area contributed by atoms with E-state index < -0.39 is 52.4 Å². The van der Waals surface area contributed by atoms with Crippen LogP contribution in [0.3, 0.4) is 0 Å². The van der Waals surface area contributed by atoms with Crippen molar-refractivity contribution in [3.05, 3.63) is 132 Å². The molecule has 4 aromatic carbocycles. The van der Waals surface area contributed by atoms with Gasteiger partial charge in [0, 0.05) is 27.4 Å². The summed E-state index contributed by atoms with van der Waals surface area (Å²) in [7, 11) is -1.14. The molecular formula is C53H70O10Si2. The fourth-order valence-electron chi connectivity index (χ4n) is 8.94. The molecule has 0 N–H and O–H groups in total. The first-order chi connectivity index (χ1) is 30.9. The summed E-state index contributed by atoms with van der Waals surface area (Å²) in [6.07, 6.45) is 3.91. The smallest absolute Gasteiger partial charge is 0.342 e. The number of ether oxygens (including phenoxy) is 7. The van der Waals surface area contributed by atoms with Crippen LogP contribution in [0.25, 0.3) is 0 Å². The molecule has 1 heterocycles. The molecule has 350 valence electrons. The van der Waals surface area contributed by atoms with Crippen molar-refractivity contribution in [1.82, 2.24) is 0 Å². The van der Waals surface area contributed by atoms with Gasteiger partial charge in [-0.15, -0.1) is 0 Å². The fourth-order valence-corrected chi connectivity index (χ4v) is 14.4. The third-order valence-electron chi connectivity index (χ3n) is 12.2. The van der Waals surface area contributed by atoms with E-state index in [-0.39, 0.29) is 29.8 Å². The highest BCUT2D eigenvalue weighted by Gasteiger charge is 2.52. The van der Waals surface area contributed by atoms with Gasteiger partial charge >= 0.3 is 11.9 Å². The lowest BCUT2D eigenvalue weighted by atomic mass is 9.96. The zero-order valence-electron chi connectivity index (χ0n) is 40.3. The molecule has 65 heavy (non-hydrogen) atoms. The number of carbonyl (C=O) groups is 2. The molecule has 3 unspecified atom stereocenters. The van der Waals surface area contributed by atoms with Crippen LogP contribution in [0.5, 0.6) is 11.5 Å². The van der Waals surface area contributed by atoms with E-state index in [1.807, 2.05) is 56.3 Å². The summed E-state index contributed by atoms with van der Waals surface area (Å²) in [4.78, 5) is 27.7. The van der Waals surface area contributed by atoms with Crippen molar-refractivity contribution in [3.63, 3.8) is 0 Å².